The van der Waals surface area contributed by atoms with Crippen molar-refractivity contribution in [3.8, 4) is 11.8 Å². The van der Waals surface area contributed by atoms with E-state index in [1.54, 1.807) is 0 Å². The van der Waals surface area contributed by atoms with Crippen LogP contribution in [0.15, 0.2) is 6.07 Å². The predicted octanol–water partition coefficient (Wildman–Crippen LogP) is 3.75. The van der Waals surface area contributed by atoms with Gasteiger partial charge in [0, 0.05) is 18.5 Å². The van der Waals surface area contributed by atoms with Gasteiger partial charge in [0.05, 0.1) is 17.7 Å². The van der Waals surface area contributed by atoms with Crippen molar-refractivity contribution in [1.82, 2.24) is 4.90 Å². The Morgan fingerprint density at radius 1 is 1.42 bits per heavy atom. The van der Waals surface area contributed by atoms with E-state index in [0.29, 0.717) is 17.1 Å². The zero-order chi connectivity index (χ0) is 19.3. The number of hydrogen-bond acceptors (Lipinski definition) is 5. The lowest BCUT2D eigenvalue weighted by Gasteiger charge is -2.24. The lowest BCUT2D eigenvalue weighted by atomic mass is 9.98. The Bertz CT molecular complexity index is 722. The number of rotatable bonds is 4. The Morgan fingerprint density at radius 2 is 2.15 bits per heavy atom. The van der Waals surface area contributed by atoms with Crippen molar-refractivity contribution >= 4 is 28.9 Å². The lowest BCUT2D eigenvalue weighted by Crippen LogP contribution is -2.41. The zero-order valence-corrected chi connectivity index (χ0v) is 17.1. The quantitative estimate of drug-likeness (QED) is 0.642. The van der Waals surface area contributed by atoms with Crippen LogP contribution in [0.4, 0.5) is 5.69 Å². The molecule has 6 heteroatoms. The van der Waals surface area contributed by atoms with Gasteiger partial charge >= 0.3 is 5.97 Å². The van der Waals surface area contributed by atoms with E-state index in [1.165, 1.54) is 18.4 Å². The topological polar surface area (TPSA) is 58.6 Å². The average Bonchev–Trinajstić information content (AvgIpc) is 2.91. The van der Waals surface area contributed by atoms with Crippen molar-refractivity contribution in [2.75, 3.05) is 25.5 Å². The van der Waals surface area contributed by atoms with Crippen LogP contribution in [0.3, 0.4) is 0 Å². The minimum atomic E-state index is -0.408. The van der Waals surface area contributed by atoms with Gasteiger partial charge in [-0.2, -0.15) is 0 Å². The van der Waals surface area contributed by atoms with E-state index in [4.69, 9.17) is 4.74 Å². The molecule has 1 atom stereocenters. The Morgan fingerprint density at radius 3 is 2.77 bits per heavy atom. The second-order valence-electron chi connectivity index (χ2n) is 7.46. The molecular formula is C20H28N2O3S. The van der Waals surface area contributed by atoms with Crippen molar-refractivity contribution < 1.29 is 14.3 Å². The smallest absolute Gasteiger partial charge is 0.350 e. The third-order valence-electron chi connectivity index (χ3n) is 4.16. The summed E-state index contributed by atoms with van der Waals surface area (Å²) in [6.07, 6.45) is 2.75. The molecule has 2 rings (SSSR count). The maximum atomic E-state index is 12.7. The van der Waals surface area contributed by atoms with Gasteiger partial charge in [0.15, 0.2) is 0 Å². The number of likely N-dealkylation sites (tertiary alicyclic amines) is 1. The molecule has 0 radical (unpaired) electrons. The SMILES string of the molecule is CCN1CCCC[C@H](Nc2cc(C#CC(C)(C)C)sc2C(=O)OC)C1=O. The van der Waals surface area contributed by atoms with Crippen LogP contribution < -0.4 is 5.32 Å². The molecule has 0 aromatic carbocycles. The van der Waals surface area contributed by atoms with E-state index in [-0.39, 0.29) is 17.4 Å². The van der Waals surface area contributed by atoms with Crippen LogP contribution in [0.5, 0.6) is 0 Å². The summed E-state index contributed by atoms with van der Waals surface area (Å²) in [4.78, 5) is 28.0. The number of amides is 1. The second kappa shape index (κ2) is 8.59. The molecule has 0 bridgehead atoms. The molecule has 1 aromatic rings. The average molecular weight is 377 g/mol. The monoisotopic (exact) mass is 376 g/mol. The number of methoxy groups -OCH3 is 1. The van der Waals surface area contributed by atoms with Gasteiger partial charge in [0.1, 0.15) is 10.9 Å². The van der Waals surface area contributed by atoms with Crippen LogP contribution >= 0.6 is 11.3 Å². The highest BCUT2D eigenvalue weighted by Gasteiger charge is 2.28. The van der Waals surface area contributed by atoms with Gasteiger partial charge in [-0.15, -0.1) is 11.3 Å². The molecule has 0 spiro atoms. The maximum Gasteiger partial charge on any atom is 0.350 e. The van der Waals surface area contributed by atoms with Crippen molar-refractivity contribution in [2.45, 2.75) is 53.0 Å². The second-order valence-corrected chi connectivity index (χ2v) is 8.51. The fourth-order valence-corrected chi connectivity index (χ4v) is 3.69. The molecule has 1 saturated heterocycles. The molecular weight excluding hydrogens is 348 g/mol. The highest BCUT2D eigenvalue weighted by Crippen LogP contribution is 2.30. The summed E-state index contributed by atoms with van der Waals surface area (Å²) in [6.45, 7) is 9.60. The number of anilines is 1. The number of likely N-dealkylation sites (N-methyl/N-ethyl adjacent to an activating group) is 1. The number of nitrogens with zero attached hydrogens (tertiary/aromatic N) is 1. The lowest BCUT2D eigenvalue weighted by molar-refractivity contribution is -0.131. The molecule has 0 unspecified atom stereocenters. The number of hydrogen-bond donors (Lipinski definition) is 1. The van der Waals surface area contributed by atoms with Crippen LogP contribution in [-0.2, 0) is 9.53 Å². The molecule has 1 fully saturated rings. The first kappa shape index (κ1) is 20.3. The Hall–Kier alpha value is -2.00. The Labute approximate surface area is 160 Å². The molecule has 1 aromatic heterocycles. The first-order chi connectivity index (χ1) is 12.2. The minimum absolute atomic E-state index is 0.0920. The number of ether oxygens (including phenoxy) is 1. The normalized spacial score (nSPS) is 18.0. The van der Waals surface area contributed by atoms with Crippen molar-refractivity contribution in [1.29, 1.82) is 0 Å². The minimum Gasteiger partial charge on any atom is -0.465 e. The van der Waals surface area contributed by atoms with Gasteiger partial charge in [0.2, 0.25) is 5.91 Å². The van der Waals surface area contributed by atoms with E-state index in [1.807, 2.05) is 38.7 Å². The standard InChI is InChI=1S/C20H28N2O3S/c1-6-22-12-8-7-9-15(18(22)23)21-16-13-14(10-11-20(2,3)4)26-17(16)19(24)25-5/h13,15,21H,6-9,12H2,1-5H3/t15-/m0/s1. The highest BCUT2D eigenvalue weighted by molar-refractivity contribution is 7.15. The van der Waals surface area contributed by atoms with E-state index in [9.17, 15) is 9.59 Å². The molecule has 5 nitrogen and oxygen atoms in total. The van der Waals surface area contributed by atoms with Crippen LogP contribution in [0.1, 0.15) is 61.5 Å². The van der Waals surface area contributed by atoms with Crippen LogP contribution in [0.2, 0.25) is 0 Å². The van der Waals surface area contributed by atoms with Crippen molar-refractivity contribution in [3.05, 3.63) is 15.8 Å². The van der Waals surface area contributed by atoms with Crippen LogP contribution in [0.25, 0.3) is 0 Å². The number of thiophene rings is 1. The number of nitrogens with one attached hydrogen (secondary N) is 1. The summed E-state index contributed by atoms with van der Waals surface area (Å²) in [5.41, 5.74) is 0.512. The van der Waals surface area contributed by atoms with Gasteiger partial charge in [-0.3, -0.25) is 4.79 Å². The molecule has 1 amide bonds. The molecule has 2 heterocycles. The fourth-order valence-electron chi connectivity index (χ4n) is 2.79. The molecule has 0 aliphatic carbocycles. The number of carbonyl (C=O) groups excluding carboxylic acids is 2. The first-order valence-electron chi connectivity index (χ1n) is 9.05. The summed E-state index contributed by atoms with van der Waals surface area (Å²) in [5.74, 6) is 5.99. The maximum absolute atomic E-state index is 12.7. The van der Waals surface area contributed by atoms with Crippen molar-refractivity contribution in [3.63, 3.8) is 0 Å². The largest absolute Gasteiger partial charge is 0.465 e. The van der Waals surface area contributed by atoms with Gasteiger partial charge in [-0.05, 0) is 53.0 Å². The Kier molecular flexibility index (Phi) is 6.71. The van der Waals surface area contributed by atoms with Crippen LogP contribution in [-0.4, -0.2) is 43.0 Å². The number of esters is 1. The molecule has 0 saturated carbocycles. The van der Waals surface area contributed by atoms with Gasteiger partial charge in [-0.1, -0.05) is 11.8 Å². The molecule has 142 valence electrons. The van der Waals surface area contributed by atoms with Gasteiger partial charge in [0.25, 0.3) is 0 Å². The summed E-state index contributed by atoms with van der Waals surface area (Å²) < 4.78 is 4.91. The fraction of sp³-hybridized carbons (Fsp3) is 0.600. The predicted molar refractivity (Wildman–Crippen MR) is 106 cm³/mol. The molecule has 1 N–H and O–H groups in total. The summed E-state index contributed by atoms with van der Waals surface area (Å²) in [7, 11) is 1.36. The third kappa shape index (κ3) is 5.25. The van der Waals surface area contributed by atoms with Crippen LogP contribution in [0, 0.1) is 17.3 Å². The van der Waals surface area contributed by atoms with Gasteiger partial charge < -0.3 is 15.0 Å². The van der Waals surface area contributed by atoms with E-state index in [2.05, 4.69) is 17.2 Å². The Balaban J connectivity index is 2.31. The molecule has 1 aliphatic rings. The zero-order valence-electron chi connectivity index (χ0n) is 16.3. The summed E-state index contributed by atoms with van der Waals surface area (Å²) >= 11 is 1.30. The first-order valence-corrected chi connectivity index (χ1v) is 9.87. The van der Waals surface area contributed by atoms with E-state index < -0.39 is 5.97 Å². The number of carbonyl (C=O) groups is 2. The van der Waals surface area contributed by atoms with E-state index >= 15 is 0 Å². The molecule has 26 heavy (non-hydrogen) atoms. The van der Waals surface area contributed by atoms with E-state index in [0.717, 1.165) is 30.7 Å². The van der Waals surface area contributed by atoms with Crippen molar-refractivity contribution in [2.24, 2.45) is 5.41 Å². The highest BCUT2D eigenvalue weighted by atomic mass is 32.1. The summed E-state index contributed by atoms with van der Waals surface area (Å²) in [6, 6.07) is 1.53. The molecule has 1 aliphatic heterocycles. The summed E-state index contributed by atoms with van der Waals surface area (Å²) in [5, 5.41) is 3.29. The third-order valence-corrected chi connectivity index (χ3v) is 5.19. The van der Waals surface area contributed by atoms with Gasteiger partial charge in [-0.25, -0.2) is 4.79 Å².